The Labute approximate surface area is 206 Å². The van der Waals surface area contributed by atoms with E-state index in [0.717, 1.165) is 44.1 Å². The van der Waals surface area contributed by atoms with E-state index in [1.165, 1.54) is 7.11 Å². The second kappa shape index (κ2) is 7.08. The lowest BCUT2D eigenvalue weighted by atomic mass is 9.59. The standard InChI is InChI=1S/C26H42O6Si2/c1-16-14-24-15-25(16,32-34(7,8)9)12-10-17(24)26-13-11-18(31-33(4,5)6)23(2,22(28)30-26)20(26)19(24)21(27)29-3/h17-20H,1,10-15H2,2-9H3/t17?,18-,19?,20?,23?,24-,25-,26+/m0/s1. The summed E-state index contributed by atoms with van der Waals surface area (Å²) in [6.45, 7) is 19.7. The molecule has 8 heteroatoms. The van der Waals surface area contributed by atoms with Crippen molar-refractivity contribution < 1.29 is 27.9 Å². The van der Waals surface area contributed by atoms with E-state index in [4.69, 9.17) is 18.3 Å². The number of hydrogen-bond donors (Lipinski definition) is 0. The summed E-state index contributed by atoms with van der Waals surface area (Å²) in [5.41, 5.74) is -1.09. The highest BCUT2D eigenvalue weighted by Gasteiger charge is 2.84. The van der Waals surface area contributed by atoms with Gasteiger partial charge in [-0.2, -0.15) is 0 Å². The molecule has 0 aromatic rings. The molecule has 0 amide bonds. The van der Waals surface area contributed by atoms with Crippen LogP contribution in [0.2, 0.25) is 39.3 Å². The predicted molar refractivity (Wildman–Crippen MR) is 134 cm³/mol. The van der Waals surface area contributed by atoms with Crippen LogP contribution in [0.15, 0.2) is 12.2 Å². The van der Waals surface area contributed by atoms with Crippen LogP contribution in [0.3, 0.4) is 0 Å². The van der Waals surface area contributed by atoms with E-state index in [9.17, 15) is 9.59 Å². The molecule has 34 heavy (non-hydrogen) atoms. The molecule has 1 aliphatic heterocycles. The molecule has 6 nitrogen and oxygen atoms in total. The largest absolute Gasteiger partial charge is 0.469 e. The fraction of sp³-hybridized carbons (Fsp3) is 0.846. The summed E-state index contributed by atoms with van der Waals surface area (Å²) in [7, 11) is -2.31. The van der Waals surface area contributed by atoms with Gasteiger partial charge >= 0.3 is 11.9 Å². The normalized spacial score (nSPS) is 47.3. The summed E-state index contributed by atoms with van der Waals surface area (Å²) in [5, 5.41) is 0. The molecule has 5 fully saturated rings. The van der Waals surface area contributed by atoms with Gasteiger partial charge in [0.15, 0.2) is 16.6 Å². The average molecular weight is 507 g/mol. The van der Waals surface area contributed by atoms with Gasteiger partial charge in [0.25, 0.3) is 0 Å². The Kier molecular flexibility index (Phi) is 5.14. The van der Waals surface area contributed by atoms with Crippen LogP contribution >= 0.6 is 0 Å². The molecule has 4 aliphatic carbocycles. The Bertz CT molecular complexity index is 952. The minimum atomic E-state index is -1.92. The van der Waals surface area contributed by atoms with Gasteiger partial charge in [-0.25, -0.2) is 0 Å². The molecule has 190 valence electrons. The van der Waals surface area contributed by atoms with Crippen LogP contribution in [0, 0.1) is 28.6 Å². The molecule has 5 rings (SSSR count). The van der Waals surface area contributed by atoms with E-state index in [1.807, 2.05) is 6.92 Å². The summed E-state index contributed by atoms with van der Waals surface area (Å²) in [6, 6.07) is 0. The van der Waals surface area contributed by atoms with Crippen molar-refractivity contribution in [3.05, 3.63) is 12.2 Å². The number of methoxy groups -OCH3 is 1. The van der Waals surface area contributed by atoms with Crippen molar-refractivity contribution in [2.45, 2.75) is 102 Å². The molecule has 1 heterocycles. The molecule has 0 radical (unpaired) electrons. The Morgan fingerprint density at radius 2 is 1.76 bits per heavy atom. The molecule has 0 N–H and O–H groups in total. The highest BCUT2D eigenvalue weighted by Crippen LogP contribution is 2.79. The summed E-state index contributed by atoms with van der Waals surface area (Å²) >= 11 is 0. The summed E-state index contributed by atoms with van der Waals surface area (Å²) < 4.78 is 25.5. The number of esters is 2. The lowest BCUT2D eigenvalue weighted by molar-refractivity contribution is -0.164. The first-order valence-electron chi connectivity index (χ1n) is 12.9. The van der Waals surface area contributed by atoms with Crippen LogP contribution in [0.4, 0.5) is 0 Å². The van der Waals surface area contributed by atoms with Crippen molar-refractivity contribution in [2.24, 2.45) is 28.6 Å². The third kappa shape index (κ3) is 3.04. The van der Waals surface area contributed by atoms with Crippen molar-refractivity contribution in [1.29, 1.82) is 0 Å². The highest BCUT2D eigenvalue weighted by molar-refractivity contribution is 6.70. The summed E-state index contributed by atoms with van der Waals surface area (Å²) in [6.07, 6.45) is 4.60. The van der Waals surface area contributed by atoms with E-state index in [-0.39, 0.29) is 40.9 Å². The minimum Gasteiger partial charge on any atom is -0.469 e. The van der Waals surface area contributed by atoms with E-state index >= 15 is 0 Å². The van der Waals surface area contributed by atoms with Crippen LogP contribution in [0.25, 0.3) is 0 Å². The van der Waals surface area contributed by atoms with E-state index in [2.05, 4.69) is 45.9 Å². The molecule has 1 saturated heterocycles. The maximum absolute atomic E-state index is 13.7. The van der Waals surface area contributed by atoms with Gasteiger partial charge < -0.3 is 18.3 Å². The van der Waals surface area contributed by atoms with Crippen molar-refractivity contribution in [1.82, 2.24) is 0 Å². The topological polar surface area (TPSA) is 71.1 Å². The number of rotatable bonds is 5. The van der Waals surface area contributed by atoms with E-state index in [1.54, 1.807) is 0 Å². The Balaban J connectivity index is 1.65. The molecule has 4 bridgehead atoms. The van der Waals surface area contributed by atoms with Gasteiger partial charge in [-0.1, -0.05) is 6.58 Å². The number of carbonyl (C=O) groups excluding carboxylic acids is 2. The molecular formula is C26H42O6Si2. The van der Waals surface area contributed by atoms with Crippen LogP contribution < -0.4 is 0 Å². The van der Waals surface area contributed by atoms with Crippen molar-refractivity contribution in [3.8, 4) is 0 Å². The predicted octanol–water partition coefficient (Wildman–Crippen LogP) is 5.06. The molecule has 0 aromatic heterocycles. The Morgan fingerprint density at radius 3 is 2.35 bits per heavy atom. The summed E-state index contributed by atoms with van der Waals surface area (Å²) in [4.78, 5) is 27.3. The zero-order chi connectivity index (χ0) is 25.1. The fourth-order valence-corrected chi connectivity index (χ4v) is 11.8. The van der Waals surface area contributed by atoms with Crippen molar-refractivity contribution >= 4 is 28.6 Å². The lowest BCUT2D eigenvalue weighted by Crippen LogP contribution is -2.56. The van der Waals surface area contributed by atoms with Gasteiger partial charge in [-0.3, -0.25) is 9.59 Å². The third-order valence-electron chi connectivity index (χ3n) is 9.69. The first kappa shape index (κ1) is 24.7. The zero-order valence-corrected chi connectivity index (χ0v) is 24.2. The molecule has 0 aromatic carbocycles. The minimum absolute atomic E-state index is 0.116. The maximum Gasteiger partial charge on any atom is 0.315 e. The second-order valence-corrected chi connectivity index (χ2v) is 22.7. The third-order valence-corrected chi connectivity index (χ3v) is 11.7. The number of carbonyl (C=O) groups is 2. The molecule has 8 atom stereocenters. The van der Waals surface area contributed by atoms with Crippen LogP contribution in [-0.4, -0.2) is 53.0 Å². The average Bonchev–Trinajstić information content (AvgIpc) is 3.12. The quantitative estimate of drug-likeness (QED) is 0.295. The smallest absolute Gasteiger partial charge is 0.315 e. The molecule has 1 spiro atoms. The van der Waals surface area contributed by atoms with Crippen molar-refractivity contribution in [3.63, 3.8) is 0 Å². The van der Waals surface area contributed by atoms with Gasteiger partial charge in [0.05, 0.1) is 30.1 Å². The number of fused-ring (bicyclic) bond motifs is 1. The van der Waals surface area contributed by atoms with Crippen LogP contribution in [0.5, 0.6) is 0 Å². The van der Waals surface area contributed by atoms with Gasteiger partial charge in [0, 0.05) is 11.8 Å². The first-order valence-corrected chi connectivity index (χ1v) is 19.7. The lowest BCUT2D eigenvalue weighted by Gasteiger charge is -2.48. The van der Waals surface area contributed by atoms with E-state index < -0.39 is 33.6 Å². The van der Waals surface area contributed by atoms with Crippen molar-refractivity contribution in [2.75, 3.05) is 7.11 Å². The Hall–Kier alpha value is -0.966. The molecule has 4 saturated carbocycles. The summed E-state index contributed by atoms with van der Waals surface area (Å²) in [5.74, 6) is -0.947. The fourth-order valence-electron chi connectivity index (χ4n) is 9.07. The highest BCUT2D eigenvalue weighted by atomic mass is 28.4. The zero-order valence-electron chi connectivity index (χ0n) is 22.2. The van der Waals surface area contributed by atoms with Crippen LogP contribution in [-0.2, 0) is 27.9 Å². The SMILES string of the molecule is C=C1C[C@]23C[C@@]1(O[Si](C)(C)C)CCC2[C@@]12CC[C@H](O[Si](C)(C)C)C(C)(C(=O)O1)C2C3C(=O)OC. The monoisotopic (exact) mass is 506 g/mol. The van der Waals surface area contributed by atoms with Crippen LogP contribution in [0.1, 0.15) is 45.4 Å². The Morgan fingerprint density at radius 1 is 1.09 bits per heavy atom. The van der Waals surface area contributed by atoms with E-state index in [0.29, 0.717) is 0 Å². The molecule has 4 unspecified atom stereocenters. The van der Waals surface area contributed by atoms with Gasteiger partial charge in [0.2, 0.25) is 0 Å². The van der Waals surface area contributed by atoms with Gasteiger partial charge in [0.1, 0.15) is 5.60 Å². The molecular weight excluding hydrogens is 464 g/mol. The first-order chi connectivity index (χ1) is 15.5. The van der Waals surface area contributed by atoms with Gasteiger partial charge in [-0.05, 0) is 95.7 Å². The number of hydrogen-bond acceptors (Lipinski definition) is 6. The number of ether oxygens (including phenoxy) is 2. The second-order valence-electron chi connectivity index (χ2n) is 13.9. The molecule has 5 aliphatic rings. The maximum atomic E-state index is 13.7. The van der Waals surface area contributed by atoms with Gasteiger partial charge in [-0.15, -0.1) is 0 Å².